The number of aryl methyl sites for hydroxylation is 1. The van der Waals surface area contributed by atoms with Crippen LogP contribution in [0.3, 0.4) is 0 Å². The maximum atomic E-state index is 5.50. The van der Waals surface area contributed by atoms with Crippen molar-refractivity contribution in [3.63, 3.8) is 0 Å². The van der Waals surface area contributed by atoms with E-state index in [2.05, 4.69) is 211 Å². The summed E-state index contributed by atoms with van der Waals surface area (Å²) in [6.07, 6.45) is 0.941. The summed E-state index contributed by atoms with van der Waals surface area (Å²) in [4.78, 5) is 10.9. The quantitative estimate of drug-likeness (QED) is 0.173. The minimum atomic E-state index is -0.407. The Bertz CT molecular complexity index is 3200. The summed E-state index contributed by atoms with van der Waals surface area (Å²) in [7, 11) is 0. The van der Waals surface area contributed by atoms with Gasteiger partial charge in [0.15, 0.2) is 5.82 Å². The van der Waals surface area contributed by atoms with Crippen LogP contribution >= 0.6 is 0 Å². The van der Waals surface area contributed by atoms with E-state index < -0.39 is 5.41 Å². The summed E-state index contributed by atoms with van der Waals surface area (Å²) < 4.78 is 0. The molecule has 298 valence electrons. The van der Waals surface area contributed by atoms with Crippen LogP contribution in [-0.2, 0) is 11.8 Å². The highest BCUT2D eigenvalue weighted by Crippen LogP contribution is 2.61. The highest BCUT2D eigenvalue weighted by Gasteiger charge is 2.50. The predicted octanol–water partition coefficient (Wildman–Crippen LogP) is 14.9. The van der Waals surface area contributed by atoms with Gasteiger partial charge in [0, 0.05) is 16.7 Å². The SMILES string of the molecule is Cc1ccccc1-c1cccc(-c2cc(-c3ccccc3)nc(-c3c(C)c(C)c(-c4cccc5c4-c4ccccc4C54c5ccccc5Cc5ccccc54)c(C)c3C)n2)c1C. The van der Waals surface area contributed by atoms with Crippen molar-refractivity contribution in [3.8, 4) is 67.3 Å². The van der Waals surface area contributed by atoms with Crippen LogP contribution in [-0.4, -0.2) is 9.97 Å². The van der Waals surface area contributed by atoms with E-state index in [1.807, 2.05) is 0 Å². The molecule has 0 atom stereocenters. The molecule has 0 saturated heterocycles. The third-order valence-corrected chi connectivity index (χ3v) is 14.3. The number of rotatable bonds is 5. The molecule has 0 saturated carbocycles. The molecule has 2 nitrogen and oxygen atoms in total. The summed E-state index contributed by atoms with van der Waals surface area (Å²) in [5, 5.41) is 0. The molecule has 0 N–H and O–H groups in total. The Morgan fingerprint density at radius 1 is 0.355 bits per heavy atom. The zero-order valence-electron chi connectivity index (χ0n) is 36.3. The lowest BCUT2D eigenvalue weighted by molar-refractivity contribution is 0.722. The van der Waals surface area contributed by atoms with Crippen molar-refractivity contribution < 1.29 is 0 Å². The molecule has 0 amide bonds. The molecular formula is C60H48N2. The number of benzene rings is 8. The fraction of sp³-hybridized carbons (Fsp3) is 0.133. The summed E-state index contributed by atoms with van der Waals surface area (Å²) in [5.41, 5.74) is 28.1. The van der Waals surface area contributed by atoms with Crippen molar-refractivity contribution >= 4 is 0 Å². The Kier molecular flexibility index (Phi) is 8.84. The molecule has 2 aliphatic rings. The monoisotopic (exact) mass is 796 g/mol. The van der Waals surface area contributed by atoms with Gasteiger partial charge < -0.3 is 0 Å². The van der Waals surface area contributed by atoms with E-state index in [1.165, 1.54) is 100 Å². The zero-order chi connectivity index (χ0) is 42.3. The number of aromatic nitrogens is 2. The van der Waals surface area contributed by atoms with Crippen molar-refractivity contribution in [2.24, 2.45) is 0 Å². The second kappa shape index (κ2) is 14.5. The van der Waals surface area contributed by atoms with Gasteiger partial charge in [0.25, 0.3) is 0 Å². The van der Waals surface area contributed by atoms with Crippen LogP contribution < -0.4 is 0 Å². The van der Waals surface area contributed by atoms with Gasteiger partial charge in [-0.1, -0.05) is 164 Å². The van der Waals surface area contributed by atoms with Crippen LogP contribution in [0.2, 0.25) is 0 Å². The van der Waals surface area contributed by atoms with E-state index in [4.69, 9.17) is 9.97 Å². The fourth-order valence-corrected chi connectivity index (χ4v) is 11.1. The summed E-state index contributed by atoms with van der Waals surface area (Å²) in [5.74, 6) is 0.757. The van der Waals surface area contributed by atoms with Crippen LogP contribution in [0.1, 0.15) is 66.8 Å². The lowest BCUT2D eigenvalue weighted by atomic mass is 9.61. The zero-order valence-corrected chi connectivity index (χ0v) is 36.3. The average Bonchev–Trinajstić information content (AvgIpc) is 3.60. The Morgan fingerprint density at radius 3 is 1.55 bits per heavy atom. The van der Waals surface area contributed by atoms with E-state index in [1.54, 1.807) is 0 Å². The van der Waals surface area contributed by atoms with Crippen molar-refractivity contribution in [2.45, 2.75) is 53.4 Å². The summed E-state index contributed by atoms with van der Waals surface area (Å²) in [6, 6.07) is 62.4. The van der Waals surface area contributed by atoms with Crippen molar-refractivity contribution in [1.29, 1.82) is 0 Å². The van der Waals surface area contributed by atoms with Crippen molar-refractivity contribution in [2.75, 3.05) is 0 Å². The first kappa shape index (κ1) is 37.8. The lowest BCUT2D eigenvalue weighted by Crippen LogP contribution is -2.34. The van der Waals surface area contributed by atoms with Crippen LogP contribution in [0.15, 0.2) is 170 Å². The summed E-state index contributed by atoms with van der Waals surface area (Å²) in [6.45, 7) is 13.6. The maximum absolute atomic E-state index is 5.50. The van der Waals surface area contributed by atoms with E-state index in [-0.39, 0.29) is 0 Å². The Labute approximate surface area is 365 Å². The highest BCUT2D eigenvalue weighted by atomic mass is 14.9. The number of nitrogens with zero attached hydrogens (tertiary/aromatic N) is 2. The molecule has 1 aromatic heterocycles. The molecule has 8 aromatic carbocycles. The van der Waals surface area contributed by atoms with Gasteiger partial charge >= 0.3 is 0 Å². The fourth-order valence-electron chi connectivity index (χ4n) is 11.1. The number of hydrogen-bond donors (Lipinski definition) is 0. The average molecular weight is 797 g/mol. The molecular weight excluding hydrogens is 749 g/mol. The molecule has 11 rings (SSSR count). The van der Waals surface area contributed by atoms with Gasteiger partial charge in [-0.25, -0.2) is 9.97 Å². The second-order valence-corrected chi connectivity index (χ2v) is 17.4. The largest absolute Gasteiger partial charge is 0.228 e. The van der Waals surface area contributed by atoms with Crippen LogP contribution in [0.5, 0.6) is 0 Å². The highest BCUT2D eigenvalue weighted by molar-refractivity contribution is 5.98. The molecule has 2 aliphatic carbocycles. The molecule has 0 aliphatic heterocycles. The van der Waals surface area contributed by atoms with Crippen molar-refractivity contribution in [1.82, 2.24) is 9.97 Å². The van der Waals surface area contributed by atoms with Crippen molar-refractivity contribution in [3.05, 3.63) is 237 Å². The van der Waals surface area contributed by atoms with Crippen LogP contribution in [0.4, 0.5) is 0 Å². The van der Waals surface area contributed by atoms with Gasteiger partial charge in [-0.15, -0.1) is 0 Å². The first-order valence-electron chi connectivity index (χ1n) is 21.9. The lowest BCUT2D eigenvalue weighted by Gasteiger charge is -2.40. The smallest absolute Gasteiger partial charge is 0.160 e. The Balaban J connectivity index is 1.13. The normalized spacial score (nSPS) is 13.1. The number of hydrogen-bond acceptors (Lipinski definition) is 2. The van der Waals surface area contributed by atoms with Crippen LogP contribution in [0.25, 0.3) is 67.3 Å². The third-order valence-electron chi connectivity index (χ3n) is 14.3. The Hall–Kier alpha value is -7.16. The van der Waals surface area contributed by atoms with E-state index in [9.17, 15) is 0 Å². The third kappa shape index (κ3) is 5.49. The predicted molar refractivity (Wildman–Crippen MR) is 258 cm³/mol. The minimum absolute atomic E-state index is 0.407. The van der Waals surface area contributed by atoms with Gasteiger partial charge in [0.2, 0.25) is 0 Å². The van der Waals surface area contributed by atoms with Gasteiger partial charge in [0.1, 0.15) is 0 Å². The molecule has 0 fully saturated rings. The molecule has 0 unspecified atom stereocenters. The first-order valence-corrected chi connectivity index (χ1v) is 21.9. The van der Waals surface area contributed by atoms with Crippen LogP contribution in [0, 0.1) is 41.5 Å². The van der Waals surface area contributed by atoms with Gasteiger partial charge in [-0.05, 0) is 154 Å². The second-order valence-electron chi connectivity index (χ2n) is 17.4. The van der Waals surface area contributed by atoms with Gasteiger partial charge in [-0.2, -0.15) is 0 Å². The maximum Gasteiger partial charge on any atom is 0.160 e. The molecule has 1 heterocycles. The summed E-state index contributed by atoms with van der Waals surface area (Å²) >= 11 is 0. The molecule has 62 heavy (non-hydrogen) atoms. The minimum Gasteiger partial charge on any atom is -0.228 e. The molecule has 2 heteroatoms. The molecule has 9 aromatic rings. The van der Waals surface area contributed by atoms with Gasteiger partial charge in [-0.3, -0.25) is 0 Å². The topological polar surface area (TPSA) is 25.8 Å². The molecule has 1 spiro atoms. The van der Waals surface area contributed by atoms with E-state index in [0.29, 0.717) is 0 Å². The first-order chi connectivity index (χ1) is 30.3. The standard InChI is InChI=1S/C60H48N2/c1-36-20-10-13-25-45(36)46-27-18-28-47(41(46)6)55-35-54(42-21-8-7-9-22-42)61-59(62-55)57-39(4)37(2)56(38(3)40(57)5)49-29-19-33-53-58(49)48-26-14-17-32-52(48)60(53)50-30-15-11-23-43(50)34-44-24-12-16-31-51(44)60/h7-33,35H,34H2,1-6H3. The Morgan fingerprint density at radius 2 is 0.855 bits per heavy atom. The molecule has 0 bridgehead atoms. The number of fused-ring (bicyclic) bond motifs is 9. The molecule has 0 radical (unpaired) electrons. The van der Waals surface area contributed by atoms with E-state index in [0.717, 1.165) is 40.3 Å². The van der Waals surface area contributed by atoms with E-state index >= 15 is 0 Å². The van der Waals surface area contributed by atoms with Gasteiger partial charge in [0.05, 0.1) is 16.8 Å².